The second kappa shape index (κ2) is 9.23. The van der Waals surface area contributed by atoms with Gasteiger partial charge >= 0.3 is 5.97 Å². The molecule has 0 bridgehead atoms. The first-order valence-electron chi connectivity index (χ1n) is 7.96. The van der Waals surface area contributed by atoms with Gasteiger partial charge in [0.15, 0.2) is 18.1 Å². The van der Waals surface area contributed by atoms with Crippen molar-refractivity contribution < 1.29 is 28.9 Å². The number of hydrogen-bond acceptors (Lipinski definition) is 6. The molecule has 0 saturated carbocycles. The minimum absolute atomic E-state index is 0.0723. The molecular formula is C19H20N2O6. The Morgan fingerprint density at radius 2 is 1.96 bits per heavy atom. The van der Waals surface area contributed by atoms with E-state index in [2.05, 4.69) is 10.5 Å². The molecule has 0 aromatic heterocycles. The summed E-state index contributed by atoms with van der Waals surface area (Å²) < 4.78 is 15.6. The first-order chi connectivity index (χ1) is 13.0. The van der Waals surface area contributed by atoms with Gasteiger partial charge in [0.1, 0.15) is 11.3 Å². The minimum atomic E-state index is -1.21. The number of rotatable bonds is 8. The van der Waals surface area contributed by atoms with Crippen LogP contribution in [0.5, 0.6) is 17.2 Å². The summed E-state index contributed by atoms with van der Waals surface area (Å²) in [6, 6.07) is 10.3. The van der Waals surface area contributed by atoms with E-state index in [4.69, 9.17) is 14.2 Å². The lowest BCUT2D eigenvalue weighted by Gasteiger charge is -2.12. The van der Waals surface area contributed by atoms with E-state index in [0.29, 0.717) is 5.75 Å². The number of benzene rings is 2. The van der Waals surface area contributed by atoms with Gasteiger partial charge in [-0.25, -0.2) is 10.2 Å². The molecule has 27 heavy (non-hydrogen) atoms. The predicted molar refractivity (Wildman–Crippen MR) is 98.9 cm³/mol. The summed E-state index contributed by atoms with van der Waals surface area (Å²) in [5.41, 5.74) is 3.43. The maximum Gasteiger partial charge on any atom is 0.340 e. The molecule has 2 N–H and O–H groups in total. The Balaban J connectivity index is 2.05. The van der Waals surface area contributed by atoms with Gasteiger partial charge in [0.25, 0.3) is 5.91 Å². The molecule has 0 spiro atoms. The molecule has 8 heteroatoms. The molecule has 0 unspecified atom stereocenters. The van der Waals surface area contributed by atoms with Crippen molar-refractivity contribution in [2.24, 2.45) is 5.10 Å². The molecule has 0 saturated heterocycles. The quantitative estimate of drug-likeness (QED) is 0.544. The van der Waals surface area contributed by atoms with E-state index in [1.807, 2.05) is 19.1 Å². The van der Waals surface area contributed by atoms with Gasteiger partial charge in [-0.15, -0.1) is 0 Å². The molecular weight excluding hydrogens is 352 g/mol. The third-order valence-electron chi connectivity index (χ3n) is 3.54. The lowest BCUT2D eigenvalue weighted by atomic mass is 10.1. The fraction of sp³-hybridized carbons (Fsp3) is 0.211. The van der Waals surface area contributed by atoms with E-state index in [0.717, 1.165) is 5.56 Å². The smallest absolute Gasteiger partial charge is 0.340 e. The zero-order chi connectivity index (χ0) is 19.8. The first-order valence-corrected chi connectivity index (χ1v) is 7.96. The van der Waals surface area contributed by atoms with Crippen molar-refractivity contribution in [3.8, 4) is 17.2 Å². The summed E-state index contributed by atoms with van der Waals surface area (Å²) in [6.45, 7) is 1.69. The highest BCUT2D eigenvalue weighted by atomic mass is 16.5. The van der Waals surface area contributed by atoms with E-state index in [-0.39, 0.29) is 29.2 Å². The largest absolute Gasteiger partial charge is 0.493 e. The van der Waals surface area contributed by atoms with Crippen molar-refractivity contribution in [3.05, 3.63) is 53.1 Å². The number of methoxy groups -OCH3 is 2. The van der Waals surface area contributed by atoms with Gasteiger partial charge in [-0.2, -0.15) is 5.10 Å². The molecule has 8 nitrogen and oxygen atoms in total. The number of carboxylic acid groups (broad SMARTS) is 1. The van der Waals surface area contributed by atoms with Crippen LogP contribution < -0.4 is 19.6 Å². The topological polar surface area (TPSA) is 106 Å². The molecule has 0 aliphatic carbocycles. The number of amides is 1. The third-order valence-corrected chi connectivity index (χ3v) is 3.54. The normalized spacial score (nSPS) is 10.5. The number of aromatic carboxylic acids is 1. The van der Waals surface area contributed by atoms with Gasteiger partial charge in [-0.3, -0.25) is 4.79 Å². The van der Waals surface area contributed by atoms with E-state index in [9.17, 15) is 14.7 Å². The van der Waals surface area contributed by atoms with Gasteiger partial charge in [-0.1, -0.05) is 12.1 Å². The summed E-state index contributed by atoms with van der Waals surface area (Å²) in [5.74, 6) is -0.765. The van der Waals surface area contributed by atoms with Crippen molar-refractivity contribution in [3.63, 3.8) is 0 Å². The van der Waals surface area contributed by atoms with Crippen LogP contribution in [0.25, 0.3) is 0 Å². The van der Waals surface area contributed by atoms with Crippen LogP contribution in [-0.4, -0.2) is 44.0 Å². The van der Waals surface area contributed by atoms with Crippen molar-refractivity contribution in [1.29, 1.82) is 0 Å². The Morgan fingerprint density at radius 1 is 1.19 bits per heavy atom. The molecule has 0 fully saturated rings. The number of nitrogens with zero attached hydrogens (tertiary/aromatic N) is 1. The lowest BCUT2D eigenvalue weighted by Crippen LogP contribution is -2.24. The lowest BCUT2D eigenvalue weighted by molar-refractivity contribution is -0.123. The second-order valence-corrected chi connectivity index (χ2v) is 5.47. The van der Waals surface area contributed by atoms with Gasteiger partial charge in [0, 0.05) is 5.56 Å². The Hall–Kier alpha value is -3.55. The first kappa shape index (κ1) is 19.8. The number of carbonyl (C=O) groups is 2. The summed E-state index contributed by atoms with van der Waals surface area (Å²) in [5, 5.41) is 13.2. The Bertz CT molecular complexity index is 863. The average molecular weight is 372 g/mol. The highest BCUT2D eigenvalue weighted by Gasteiger charge is 2.20. The Morgan fingerprint density at radius 3 is 2.59 bits per heavy atom. The molecule has 0 atom stereocenters. The number of aryl methyl sites for hydroxylation is 1. The van der Waals surface area contributed by atoms with Crippen LogP contribution in [0.1, 0.15) is 21.5 Å². The van der Waals surface area contributed by atoms with Gasteiger partial charge in [0.2, 0.25) is 0 Å². The molecule has 1 amide bonds. The van der Waals surface area contributed by atoms with Gasteiger partial charge < -0.3 is 19.3 Å². The molecule has 142 valence electrons. The van der Waals surface area contributed by atoms with E-state index < -0.39 is 11.9 Å². The molecule has 2 rings (SSSR count). The predicted octanol–water partition coefficient (Wildman–Crippen LogP) is 2.24. The number of hydrazone groups is 1. The molecule has 0 heterocycles. The van der Waals surface area contributed by atoms with Crippen LogP contribution in [0.2, 0.25) is 0 Å². The van der Waals surface area contributed by atoms with Crippen molar-refractivity contribution in [1.82, 2.24) is 5.43 Å². The van der Waals surface area contributed by atoms with Crippen LogP contribution in [0, 0.1) is 6.92 Å². The van der Waals surface area contributed by atoms with Crippen molar-refractivity contribution >= 4 is 18.1 Å². The zero-order valence-corrected chi connectivity index (χ0v) is 15.2. The minimum Gasteiger partial charge on any atom is -0.493 e. The van der Waals surface area contributed by atoms with Gasteiger partial charge in [-0.05, 0) is 36.8 Å². The standard InChI is InChI=1S/C19H20N2O6/c1-12-5-4-6-14(9-12)27-11-16(22)21-20-10-13-7-8-15(25-2)18(26-3)17(13)19(23)24/h4-10H,11H2,1-3H3,(H,21,22)(H,23,24)/b20-10-. The fourth-order valence-electron chi connectivity index (χ4n) is 2.33. The number of nitrogens with one attached hydrogen (secondary N) is 1. The Kier molecular flexibility index (Phi) is 6.76. The van der Waals surface area contributed by atoms with Crippen LogP contribution in [-0.2, 0) is 4.79 Å². The van der Waals surface area contributed by atoms with E-state index >= 15 is 0 Å². The number of hydrogen-bond donors (Lipinski definition) is 2. The van der Waals surface area contributed by atoms with Crippen molar-refractivity contribution in [2.75, 3.05) is 20.8 Å². The van der Waals surface area contributed by atoms with Crippen LogP contribution in [0.3, 0.4) is 0 Å². The molecule has 0 aliphatic rings. The van der Waals surface area contributed by atoms with Crippen LogP contribution >= 0.6 is 0 Å². The fourth-order valence-corrected chi connectivity index (χ4v) is 2.33. The molecule has 2 aromatic carbocycles. The SMILES string of the molecule is COc1ccc(/C=N\NC(=O)COc2cccc(C)c2)c(C(=O)O)c1OC. The van der Waals surface area contributed by atoms with Gasteiger partial charge in [0.05, 0.1) is 20.4 Å². The molecule has 2 aromatic rings. The highest BCUT2D eigenvalue weighted by Crippen LogP contribution is 2.32. The molecule has 0 aliphatic heterocycles. The highest BCUT2D eigenvalue weighted by molar-refractivity contribution is 6.02. The molecule has 0 radical (unpaired) electrons. The van der Waals surface area contributed by atoms with Crippen LogP contribution in [0.4, 0.5) is 0 Å². The maximum atomic E-state index is 11.8. The third kappa shape index (κ3) is 5.21. The maximum absolute atomic E-state index is 11.8. The number of carboxylic acids is 1. The van der Waals surface area contributed by atoms with E-state index in [1.165, 1.54) is 26.5 Å². The summed E-state index contributed by atoms with van der Waals surface area (Å²) in [6.07, 6.45) is 1.22. The summed E-state index contributed by atoms with van der Waals surface area (Å²) in [4.78, 5) is 23.4. The van der Waals surface area contributed by atoms with Crippen LogP contribution in [0.15, 0.2) is 41.5 Å². The number of ether oxygens (including phenoxy) is 3. The average Bonchev–Trinajstić information content (AvgIpc) is 2.65. The Labute approximate surface area is 156 Å². The monoisotopic (exact) mass is 372 g/mol. The van der Waals surface area contributed by atoms with Crippen molar-refractivity contribution in [2.45, 2.75) is 6.92 Å². The second-order valence-electron chi connectivity index (χ2n) is 5.47. The summed E-state index contributed by atoms with van der Waals surface area (Å²) >= 11 is 0. The summed E-state index contributed by atoms with van der Waals surface area (Å²) in [7, 11) is 2.75. The van der Waals surface area contributed by atoms with E-state index in [1.54, 1.807) is 18.2 Å². The number of carbonyl (C=O) groups excluding carboxylic acids is 1. The zero-order valence-electron chi connectivity index (χ0n) is 15.2.